The molecule has 0 aromatic carbocycles. The number of hydrogen-bond acceptors (Lipinski definition) is 3. The predicted molar refractivity (Wildman–Crippen MR) is 76.0 cm³/mol. The standard InChI is InChI=1S/C15H30N2O/c1-14(2)18-12-11-17-10-6-9-16-15(13-17)7-4-3-5-8-15/h14,16H,3-13H2,1-2H3. The Morgan fingerprint density at radius 1 is 1.17 bits per heavy atom. The molecule has 2 rings (SSSR count). The number of rotatable bonds is 4. The molecule has 2 fully saturated rings. The molecule has 0 aromatic heterocycles. The second kappa shape index (κ2) is 6.88. The van der Waals surface area contributed by atoms with Crippen LogP contribution in [0.2, 0.25) is 0 Å². The maximum Gasteiger partial charge on any atom is 0.0596 e. The van der Waals surface area contributed by atoms with Crippen molar-refractivity contribution in [2.75, 3.05) is 32.8 Å². The quantitative estimate of drug-likeness (QED) is 0.834. The van der Waals surface area contributed by atoms with E-state index in [2.05, 4.69) is 24.1 Å². The minimum absolute atomic E-state index is 0.360. The van der Waals surface area contributed by atoms with Crippen LogP contribution in [0.3, 0.4) is 0 Å². The van der Waals surface area contributed by atoms with E-state index in [0.717, 1.165) is 13.2 Å². The molecule has 0 atom stereocenters. The van der Waals surface area contributed by atoms with Crippen LogP contribution in [0, 0.1) is 0 Å². The lowest BCUT2D eigenvalue weighted by Crippen LogP contribution is -2.53. The van der Waals surface area contributed by atoms with E-state index in [0.29, 0.717) is 11.6 Å². The van der Waals surface area contributed by atoms with Crippen molar-refractivity contribution in [3.05, 3.63) is 0 Å². The van der Waals surface area contributed by atoms with E-state index in [4.69, 9.17) is 4.74 Å². The zero-order chi connectivity index (χ0) is 12.8. The summed E-state index contributed by atoms with van der Waals surface area (Å²) in [5.41, 5.74) is 0.423. The summed E-state index contributed by atoms with van der Waals surface area (Å²) in [6.07, 6.45) is 8.62. The first kappa shape index (κ1) is 14.3. The Kier molecular flexibility index (Phi) is 5.46. The van der Waals surface area contributed by atoms with Crippen molar-refractivity contribution in [2.45, 2.75) is 64.0 Å². The molecular formula is C15H30N2O. The molecule has 0 amide bonds. The normalized spacial score (nSPS) is 25.5. The van der Waals surface area contributed by atoms with E-state index in [1.807, 2.05) is 0 Å². The molecule has 0 radical (unpaired) electrons. The zero-order valence-corrected chi connectivity index (χ0v) is 12.2. The van der Waals surface area contributed by atoms with Gasteiger partial charge in [-0.1, -0.05) is 19.3 Å². The Hall–Kier alpha value is -0.120. The third-order valence-corrected chi connectivity index (χ3v) is 4.35. The molecule has 1 saturated carbocycles. The molecule has 106 valence electrons. The number of nitrogens with zero attached hydrogens (tertiary/aromatic N) is 1. The molecule has 0 bridgehead atoms. The van der Waals surface area contributed by atoms with Crippen LogP contribution in [0.15, 0.2) is 0 Å². The van der Waals surface area contributed by atoms with Crippen LogP contribution in [-0.4, -0.2) is 49.3 Å². The second-order valence-corrected chi connectivity index (χ2v) is 6.32. The van der Waals surface area contributed by atoms with Crippen molar-refractivity contribution in [3.63, 3.8) is 0 Å². The van der Waals surface area contributed by atoms with Crippen LogP contribution in [-0.2, 0) is 4.74 Å². The van der Waals surface area contributed by atoms with Gasteiger partial charge in [-0.05, 0) is 46.2 Å². The first-order valence-corrected chi connectivity index (χ1v) is 7.79. The maximum atomic E-state index is 5.70. The lowest BCUT2D eigenvalue weighted by molar-refractivity contribution is 0.0523. The Labute approximate surface area is 112 Å². The van der Waals surface area contributed by atoms with Gasteiger partial charge < -0.3 is 10.1 Å². The van der Waals surface area contributed by atoms with Crippen molar-refractivity contribution in [1.29, 1.82) is 0 Å². The van der Waals surface area contributed by atoms with Gasteiger partial charge in [0.15, 0.2) is 0 Å². The van der Waals surface area contributed by atoms with Gasteiger partial charge in [0.1, 0.15) is 0 Å². The summed E-state index contributed by atoms with van der Waals surface area (Å²) in [7, 11) is 0. The summed E-state index contributed by atoms with van der Waals surface area (Å²) < 4.78 is 5.70. The van der Waals surface area contributed by atoms with Crippen molar-refractivity contribution < 1.29 is 4.74 Å². The van der Waals surface area contributed by atoms with Gasteiger partial charge in [0.05, 0.1) is 12.7 Å². The highest BCUT2D eigenvalue weighted by Crippen LogP contribution is 2.30. The molecule has 2 aliphatic rings. The minimum Gasteiger partial charge on any atom is -0.377 e. The number of nitrogens with one attached hydrogen (secondary N) is 1. The largest absolute Gasteiger partial charge is 0.377 e. The molecule has 18 heavy (non-hydrogen) atoms. The second-order valence-electron chi connectivity index (χ2n) is 6.32. The molecule has 1 aliphatic carbocycles. The molecule has 1 N–H and O–H groups in total. The first-order chi connectivity index (χ1) is 8.70. The van der Waals surface area contributed by atoms with Gasteiger partial charge in [0.25, 0.3) is 0 Å². The Bertz CT molecular complexity index is 237. The van der Waals surface area contributed by atoms with E-state index >= 15 is 0 Å². The molecule has 1 heterocycles. The lowest BCUT2D eigenvalue weighted by atomic mass is 9.81. The molecule has 3 heteroatoms. The van der Waals surface area contributed by atoms with E-state index < -0.39 is 0 Å². The molecule has 1 spiro atoms. The lowest BCUT2D eigenvalue weighted by Gasteiger charge is -2.40. The van der Waals surface area contributed by atoms with E-state index in [1.165, 1.54) is 58.2 Å². The Morgan fingerprint density at radius 3 is 2.67 bits per heavy atom. The fraction of sp³-hybridized carbons (Fsp3) is 1.00. The maximum absolute atomic E-state index is 5.70. The van der Waals surface area contributed by atoms with Crippen LogP contribution < -0.4 is 5.32 Å². The molecule has 1 aliphatic heterocycles. The van der Waals surface area contributed by atoms with Gasteiger partial charge in [-0.25, -0.2) is 0 Å². The van der Waals surface area contributed by atoms with Crippen molar-refractivity contribution in [2.24, 2.45) is 0 Å². The van der Waals surface area contributed by atoms with Gasteiger partial charge in [0, 0.05) is 18.6 Å². The summed E-state index contributed by atoms with van der Waals surface area (Å²) >= 11 is 0. The first-order valence-electron chi connectivity index (χ1n) is 7.79. The van der Waals surface area contributed by atoms with Crippen molar-refractivity contribution in [1.82, 2.24) is 10.2 Å². The third kappa shape index (κ3) is 4.22. The van der Waals surface area contributed by atoms with Crippen LogP contribution >= 0.6 is 0 Å². The van der Waals surface area contributed by atoms with E-state index in [1.54, 1.807) is 0 Å². The topological polar surface area (TPSA) is 24.5 Å². The van der Waals surface area contributed by atoms with E-state index in [-0.39, 0.29) is 0 Å². The predicted octanol–water partition coefficient (Wildman–Crippen LogP) is 2.41. The zero-order valence-electron chi connectivity index (χ0n) is 12.2. The summed E-state index contributed by atoms with van der Waals surface area (Å²) in [5.74, 6) is 0. The van der Waals surface area contributed by atoms with Gasteiger partial charge >= 0.3 is 0 Å². The monoisotopic (exact) mass is 254 g/mol. The van der Waals surface area contributed by atoms with Gasteiger partial charge in [-0.2, -0.15) is 0 Å². The van der Waals surface area contributed by atoms with Crippen LogP contribution in [0.4, 0.5) is 0 Å². The Morgan fingerprint density at radius 2 is 1.94 bits per heavy atom. The highest BCUT2D eigenvalue weighted by molar-refractivity contribution is 4.95. The molecule has 1 saturated heterocycles. The summed E-state index contributed by atoms with van der Waals surface area (Å²) in [6.45, 7) is 9.88. The molecule has 0 aromatic rings. The fourth-order valence-corrected chi connectivity index (χ4v) is 3.39. The average molecular weight is 254 g/mol. The molecule has 0 unspecified atom stereocenters. The molecule has 3 nitrogen and oxygen atoms in total. The summed E-state index contributed by atoms with van der Waals surface area (Å²) in [5, 5.41) is 3.84. The average Bonchev–Trinajstić information content (AvgIpc) is 2.53. The van der Waals surface area contributed by atoms with E-state index in [9.17, 15) is 0 Å². The highest BCUT2D eigenvalue weighted by Gasteiger charge is 2.34. The third-order valence-electron chi connectivity index (χ3n) is 4.35. The van der Waals surface area contributed by atoms with Gasteiger partial charge in [-0.15, -0.1) is 0 Å². The van der Waals surface area contributed by atoms with Crippen molar-refractivity contribution in [3.8, 4) is 0 Å². The van der Waals surface area contributed by atoms with Gasteiger partial charge in [-0.3, -0.25) is 4.90 Å². The molecular weight excluding hydrogens is 224 g/mol. The van der Waals surface area contributed by atoms with Crippen molar-refractivity contribution >= 4 is 0 Å². The summed E-state index contributed by atoms with van der Waals surface area (Å²) in [4.78, 5) is 2.62. The smallest absolute Gasteiger partial charge is 0.0596 e. The van der Waals surface area contributed by atoms with Crippen LogP contribution in [0.25, 0.3) is 0 Å². The number of ether oxygens (including phenoxy) is 1. The Balaban J connectivity index is 1.82. The highest BCUT2D eigenvalue weighted by atomic mass is 16.5. The van der Waals surface area contributed by atoms with Crippen LogP contribution in [0.5, 0.6) is 0 Å². The summed E-state index contributed by atoms with van der Waals surface area (Å²) in [6, 6.07) is 0. The SMILES string of the molecule is CC(C)OCCN1CCCNC2(CCCCC2)C1. The fourth-order valence-electron chi connectivity index (χ4n) is 3.39. The minimum atomic E-state index is 0.360. The number of hydrogen-bond donors (Lipinski definition) is 1. The van der Waals surface area contributed by atoms with Gasteiger partial charge in [0.2, 0.25) is 0 Å². The van der Waals surface area contributed by atoms with Crippen LogP contribution in [0.1, 0.15) is 52.4 Å².